The lowest BCUT2D eigenvalue weighted by Crippen LogP contribution is -2.42. The van der Waals surface area contributed by atoms with Gasteiger partial charge in [-0.15, -0.1) is 0 Å². The Bertz CT molecular complexity index is 1230. The topological polar surface area (TPSA) is 89.9 Å². The SMILES string of the molecule is COc1ccc(-n2c(C)cc(C(=O)COC(=O)C3CCN(C(=O)Nc4ccccc4)CC3)c2C)cc1. The molecule has 4 rings (SSSR count). The van der Waals surface area contributed by atoms with Gasteiger partial charge in [0.25, 0.3) is 0 Å². The molecule has 0 aliphatic carbocycles. The summed E-state index contributed by atoms with van der Waals surface area (Å²) in [5.74, 6) is -0.205. The minimum atomic E-state index is -0.393. The van der Waals surface area contributed by atoms with Crippen LogP contribution in [0, 0.1) is 19.8 Å². The number of aryl methyl sites for hydroxylation is 1. The van der Waals surface area contributed by atoms with Gasteiger partial charge in [0.15, 0.2) is 6.61 Å². The van der Waals surface area contributed by atoms with E-state index < -0.39 is 5.97 Å². The third kappa shape index (κ3) is 5.59. The highest BCUT2D eigenvalue weighted by atomic mass is 16.5. The predicted molar refractivity (Wildman–Crippen MR) is 137 cm³/mol. The highest BCUT2D eigenvalue weighted by molar-refractivity contribution is 5.99. The standard InChI is InChI=1S/C28H31N3O5/c1-19-17-25(20(2)31(19)23-9-11-24(35-3)12-10-23)26(32)18-36-27(33)21-13-15-30(16-14-21)28(34)29-22-7-5-4-6-8-22/h4-12,17,21H,13-16,18H2,1-3H3,(H,29,34). The first-order valence-corrected chi connectivity index (χ1v) is 12.0. The lowest BCUT2D eigenvalue weighted by molar-refractivity contribution is -0.148. The van der Waals surface area contributed by atoms with Gasteiger partial charge in [-0.3, -0.25) is 9.59 Å². The van der Waals surface area contributed by atoms with Gasteiger partial charge in [-0.2, -0.15) is 0 Å². The molecular formula is C28H31N3O5. The lowest BCUT2D eigenvalue weighted by atomic mass is 9.97. The molecule has 1 N–H and O–H groups in total. The van der Waals surface area contributed by atoms with E-state index in [1.54, 1.807) is 12.0 Å². The van der Waals surface area contributed by atoms with Crippen LogP contribution in [0.25, 0.3) is 5.69 Å². The Balaban J connectivity index is 1.29. The third-order valence-corrected chi connectivity index (χ3v) is 6.55. The number of carbonyl (C=O) groups is 3. The average Bonchev–Trinajstić information content (AvgIpc) is 3.21. The van der Waals surface area contributed by atoms with Crippen LogP contribution in [-0.4, -0.2) is 54.1 Å². The van der Waals surface area contributed by atoms with E-state index in [0.717, 1.165) is 28.5 Å². The smallest absolute Gasteiger partial charge is 0.321 e. The molecule has 2 amide bonds. The normalized spacial score (nSPS) is 13.8. The monoisotopic (exact) mass is 489 g/mol. The van der Waals surface area contributed by atoms with E-state index in [1.807, 2.05) is 79.1 Å². The highest BCUT2D eigenvalue weighted by Gasteiger charge is 2.29. The Morgan fingerprint density at radius 2 is 1.64 bits per heavy atom. The van der Waals surface area contributed by atoms with Crippen molar-refractivity contribution in [2.24, 2.45) is 5.92 Å². The number of piperidine rings is 1. The number of rotatable bonds is 7. The van der Waals surface area contributed by atoms with E-state index in [0.29, 0.717) is 31.5 Å². The van der Waals surface area contributed by atoms with Gasteiger partial charge in [0, 0.05) is 41.4 Å². The minimum Gasteiger partial charge on any atom is -0.497 e. The number of ketones is 1. The highest BCUT2D eigenvalue weighted by Crippen LogP contribution is 2.24. The molecule has 2 heterocycles. The molecule has 8 heteroatoms. The maximum atomic E-state index is 12.9. The van der Waals surface area contributed by atoms with Crippen molar-refractivity contribution < 1.29 is 23.9 Å². The zero-order valence-corrected chi connectivity index (χ0v) is 20.8. The molecule has 188 valence electrons. The van der Waals surface area contributed by atoms with Crippen molar-refractivity contribution in [3.05, 3.63) is 77.6 Å². The van der Waals surface area contributed by atoms with E-state index in [9.17, 15) is 14.4 Å². The Hall–Kier alpha value is -4.07. The summed E-state index contributed by atoms with van der Waals surface area (Å²) in [5.41, 5.74) is 3.88. The zero-order chi connectivity index (χ0) is 25.7. The summed E-state index contributed by atoms with van der Waals surface area (Å²) in [5, 5.41) is 2.86. The number of hydrogen-bond acceptors (Lipinski definition) is 5. The fourth-order valence-electron chi connectivity index (χ4n) is 4.55. The Kier molecular flexibility index (Phi) is 7.73. The quantitative estimate of drug-likeness (QED) is 0.381. The van der Waals surface area contributed by atoms with Gasteiger partial charge in [-0.25, -0.2) is 4.79 Å². The minimum absolute atomic E-state index is 0.185. The second-order valence-corrected chi connectivity index (χ2v) is 8.91. The van der Waals surface area contributed by atoms with Crippen molar-refractivity contribution >= 4 is 23.5 Å². The van der Waals surface area contributed by atoms with Gasteiger partial charge in [-0.1, -0.05) is 18.2 Å². The van der Waals surface area contributed by atoms with Crippen molar-refractivity contribution in [2.45, 2.75) is 26.7 Å². The number of aromatic nitrogens is 1. The molecule has 0 atom stereocenters. The fourth-order valence-corrected chi connectivity index (χ4v) is 4.55. The van der Waals surface area contributed by atoms with Crippen LogP contribution in [0.2, 0.25) is 0 Å². The first-order chi connectivity index (χ1) is 17.4. The van der Waals surface area contributed by atoms with E-state index in [4.69, 9.17) is 9.47 Å². The van der Waals surface area contributed by atoms with Crippen LogP contribution >= 0.6 is 0 Å². The van der Waals surface area contributed by atoms with Crippen molar-refractivity contribution in [3.63, 3.8) is 0 Å². The molecule has 3 aromatic rings. The van der Waals surface area contributed by atoms with Crippen molar-refractivity contribution in [2.75, 3.05) is 32.1 Å². The van der Waals surface area contributed by atoms with Gasteiger partial charge in [0.2, 0.25) is 5.78 Å². The van der Waals surface area contributed by atoms with Crippen molar-refractivity contribution in [3.8, 4) is 11.4 Å². The number of anilines is 1. The number of urea groups is 1. The molecule has 0 bridgehead atoms. The average molecular weight is 490 g/mol. The van der Waals surface area contributed by atoms with Crippen LogP contribution in [0.15, 0.2) is 60.7 Å². The number of methoxy groups -OCH3 is 1. The maximum Gasteiger partial charge on any atom is 0.321 e. The number of carbonyl (C=O) groups excluding carboxylic acids is 3. The van der Waals surface area contributed by atoms with E-state index >= 15 is 0 Å². The summed E-state index contributed by atoms with van der Waals surface area (Å²) in [7, 11) is 1.62. The van der Waals surface area contributed by atoms with E-state index in [2.05, 4.69) is 5.32 Å². The first-order valence-electron chi connectivity index (χ1n) is 12.0. The molecule has 0 saturated carbocycles. The van der Waals surface area contributed by atoms with Crippen LogP contribution < -0.4 is 10.1 Å². The molecule has 0 radical (unpaired) electrons. The number of likely N-dealkylation sites (tertiary alicyclic amines) is 1. The number of nitrogens with one attached hydrogen (secondary N) is 1. The van der Waals surface area contributed by atoms with Crippen LogP contribution in [0.4, 0.5) is 10.5 Å². The molecule has 0 unspecified atom stereocenters. The predicted octanol–water partition coefficient (Wildman–Crippen LogP) is 4.77. The second kappa shape index (κ2) is 11.1. The summed E-state index contributed by atoms with van der Waals surface area (Å²) < 4.78 is 12.6. The molecule has 0 spiro atoms. The Morgan fingerprint density at radius 1 is 0.972 bits per heavy atom. The molecule has 1 aliphatic heterocycles. The van der Waals surface area contributed by atoms with Crippen LogP contribution in [-0.2, 0) is 9.53 Å². The Labute approximate surface area is 210 Å². The number of benzene rings is 2. The molecule has 1 aliphatic rings. The van der Waals surface area contributed by atoms with Gasteiger partial charge in [-0.05, 0) is 69.2 Å². The van der Waals surface area contributed by atoms with Gasteiger partial charge in [0.1, 0.15) is 5.75 Å². The van der Waals surface area contributed by atoms with Crippen LogP contribution in [0.5, 0.6) is 5.75 Å². The van der Waals surface area contributed by atoms with Crippen molar-refractivity contribution in [1.29, 1.82) is 0 Å². The van der Waals surface area contributed by atoms with Gasteiger partial charge < -0.3 is 24.3 Å². The fraction of sp³-hybridized carbons (Fsp3) is 0.321. The second-order valence-electron chi connectivity index (χ2n) is 8.91. The summed E-state index contributed by atoms with van der Waals surface area (Å²) in [6, 6.07) is 18.5. The number of hydrogen-bond donors (Lipinski definition) is 1. The van der Waals surface area contributed by atoms with E-state index in [1.165, 1.54) is 0 Å². The molecule has 1 saturated heterocycles. The summed E-state index contributed by atoms with van der Waals surface area (Å²) in [6.07, 6.45) is 1.00. The van der Waals surface area contributed by atoms with Crippen LogP contribution in [0.3, 0.4) is 0 Å². The number of para-hydroxylation sites is 1. The number of nitrogens with zero attached hydrogens (tertiary/aromatic N) is 2. The summed E-state index contributed by atoms with van der Waals surface area (Å²) in [6.45, 7) is 4.41. The first kappa shape index (κ1) is 25.0. The zero-order valence-electron chi connectivity index (χ0n) is 20.8. The molecule has 2 aromatic carbocycles. The van der Waals surface area contributed by atoms with Gasteiger partial charge >= 0.3 is 12.0 Å². The van der Waals surface area contributed by atoms with Gasteiger partial charge in [0.05, 0.1) is 13.0 Å². The van der Waals surface area contributed by atoms with E-state index in [-0.39, 0.29) is 24.3 Å². The van der Waals surface area contributed by atoms with Crippen LogP contribution in [0.1, 0.15) is 34.6 Å². The molecule has 1 fully saturated rings. The lowest BCUT2D eigenvalue weighted by Gasteiger charge is -2.30. The largest absolute Gasteiger partial charge is 0.497 e. The number of esters is 1. The molecule has 36 heavy (non-hydrogen) atoms. The third-order valence-electron chi connectivity index (χ3n) is 6.55. The maximum absolute atomic E-state index is 12.9. The molecule has 8 nitrogen and oxygen atoms in total. The summed E-state index contributed by atoms with van der Waals surface area (Å²) >= 11 is 0. The van der Waals surface area contributed by atoms with Crippen molar-refractivity contribution in [1.82, 2.24) is 9.47 Å². The molecule has 1 aromatic heterocycles. The number of Topliss-reactive ketones (excluding diaryl/α,β-unsaturated/α-hetero) is 1. The molecular weight excluding hydrogens is 458 g/mol. The number of amides is 2. The Morgan fingerprint density at radius 3 is 2.28 bits per heavy atom. The number of ether oxygens (including phenoxy) is 2. The summed E-state index contributed by atoms with van der Waals surface area (Å²) in [4.78, 5) is 39.7.